The van der Waals surface area contributed by atoms with Crippen molar-refractivity contribution in [1.82, 2.24) is 0 Å². The minimum Gasteiger partial charge on any atom is -0.371 e. The summed E-state index contributed by atoms with van der Waals surface area (Å²) in [7, 11) is -4.12. The molecule has 1 heterocycles. The molecule has 0 spiro atoms. The van der Waals surface area contributed by atoms with Crippen LogP contribution >= 0.6 is 0 Å². The zero-order valence-corrected chi connectivity index (χ0v) is 11.1. The number of fused-ring (bicyclic) bond motifs is 1. The molecule has 0 amide bonds. The summed E-state index contributed by atoms with van der Waals surface area (Å²) >= 11 is 0. The molecule has 0 fully saturated rings. The summed E-state index contributed by atoms with van der Waals surface area (Å²) in [6.45, 7) is 7.99. The van der Waals surface area contributed by atoms with Gasteiger partial charge in [-0.25, -0.2) is 0 Å². The minimum absolute atomic E-state index is 0.0257. The van der Waals surface area contributed by atoms with Crippen molar-refractivity contribution in [3.05, 3.63) is 23.8 Å². The van der Waals surface area contributed by atoms with E-state index in [1.54, 1.807) is 12.1 Å². The van der Waals surface area contributed by atoms with Crippen LogP contribution in [-0.4, -0.2) is 26.1 Å². The highest BCUT2D eigenvalue weighted by Gasteiger charge is 2.35. The Balaban J connectivity index is 2.60. The van der Waals surface area contributed by atoms with Crippen LogP contribution in [0.25, 0.3) is 0 Å². The summed E-state index contributed by atoms with van der Waals surface area (Å²) in [4.78, 5) is 2.19. The van der Waals surface area contributed by atoms with Gasteiger partial charge in [0.05, 0.1) is 4.90 Å². The first-order valence-electron chi connectivity index (χ1n) is 5.62. The van der Waals surface area contributed by atoms with Crippen LogP contribution in [0.1, 0.15) is 26.3 Å². The van der Waals surface area contributed by atoms with E-state index in [-0.39, 0.29) is 10.3 Å². The summed E-state index contributed by atoms with van der Waals surface area (Å²) in [6, 6.07) is 4.81. The Morgan fingerprint density at radius 3 is 2.59 bits per heavy atom. The fourth-order valence-electron chi connectivity index (χ4n) is 2.42. The molecule has 0 aliphatic carbocycles. The van der Waals surface area contributed by atoms with Gasteiger partial charge in [-0.05, 0) is 30.7 Å². The van der Waals surface area contributed by atoms with Crippen LogP contribution < -0.4 is 4.90 Å². The smallest absolute Gasteiger partial charge is 0.294 e. The Morgan fingerprint density at radius 2 is 2.06 bits per heavy atom. The lowest BCUT2D eigenvalue weighted by atomic mass is 9.87. The van der Waals surface area contributed by atoms with Gasteiger partial charge in [0.2, 0.25) is 0 Å². The number of nitrogens with zero attached hydrogens (tertiary/aromatic N) is 1. The summed E-state index contributed by atoms with van der Waals surface area (Å²) in [5.41, 5.74) is 1.95. The van der Waals surface area contributed by atoms with E-state index in [0.717, 1.165) is 24.3 Å². The molecule has 4 nitrogen and oxygen atoms in total. The fraction of sp³-hybridized carbons (Fsp3) is 0.500. The van der Waals surface area contributed by atoms with Crippen molar-refractivity contribution in [1.29, 1.82) is 0 Å². The molecule has 17 heavy (non-hydrogen) atoms. The first-order valence-corrected chi connectivity index (χ1v) is 7.06. The molecule has 0 atom stereocenters. The lowest BCUT2D eigenvalue weighted by molar-refractivity contribution is 0.482. The molecule has 0 aromatic heterocycles. The molecular weight excluding hydrogens is 238 g/mol. The third-order valence-corrected chi connectivity index (χ3v) is 4.15. The third kappa shape index (κ3) is 2.05. The first kappa shape index (κ1) is 12.4. The van der Waals surface area contributed by atoms with E-state index in [0.29, 0.717) is 0 Å². The van der Waals surface area contributed by atoms with Crippen molar-refractivity contribution in [3.63, 3.8) is 0 Å². The van der Waals surface area contributed by atoms with Gasteiger partial charge in [-0.1, -0.05) is 13.8 Å². The zero-order chi connectivity index (χ0) is 12.8. The molecule has 1 aliphatic heterocycles. The third-order valence-electron chi connectivity index (χ3n) is 3.30. The van der Waals surface area contributed by atoms with Crippen molar-refractivity contribution in [2.45, 2.75) is 31.1 Å². The number of benzene rings is 1. The minimum atomic E-state index is -4.12. The molecule has 1 aromatic carbocycles. The van der Waals surface area contributed by atoms with E-state index in [1.807, 2.05) is 0 Å². The lowest BCUT2D eigenvalue weighted by Crippen LogP contribution is -2.28. The predicted molar refractivity (Wildman–Crippen MR) is 67.2 cm³/mol. The highest BCUT2D eigenvalue weighted by Crippen LogP contribution is 2.41. The Morgan fingerprint density at radius 1 is 1.41 bits per heavy atom. The predicted octanol–water partition coefficient (Wildman–Crippen LogP) is 2.05. The number of hydrogen-bond donors (Lipinski definition) is 1. The summed E-state index contributed by atoms with van der Waals surface area (Å²) in [5.74, 6) is 0. The summed E-state index contributed by atoms with van der Waals surface area (Å²) in [5, 5.41) is 0. The average molecular weight is 255 g/mol. The first-order chi connectivity index (χ1) is 7.75. The van der Waals surface area contributed by atoms with Crippen molar-refractivity contribution in [2.24, 2.45) is 0 Å². The van der Waals surface area contributed by atoms with Gasteiger partial charge in [-0.15, -0.1) is 0 Å². The largest absolute Gasteiger partial charge is 0.371 e. The van der Waals surface area contributed by atoms with Gasteiger partial charge in [0.15, 0.2) is 0 Å². The molecule has 0 saturated carbocycles. The standard InChI is InChI=1S/C12H17NO3S/c1-4-13-8-12(2,3)10-7-9(17(14,15)16)5-6-11(10)13/h5-7H,4,8H2,1-3H3,(H,14,15,16). The van der Waals surface area contributed by atoms with Crippen molar-refractivity contribution >= 4 is 15.8 Å². The molecule has 0 saturated heterocycles. The maximum Gasteiger partial charge on any atom is 0.294 e. The normalized spacial score (nSPS) is 18.2. The van der Waals surface area contributed by atoms with Gasteiger partial charge < -0.3 is 4.90 Å². The Hall–Kier alpha value is -1.07. The Labute approximate surface area is 102 Å². The monoisotopic (exact) mass is 255 g/mol. The molecular formula is C12H17NO3S. The number of rotatable bonds is 2. The van der Waals surface area contributed by atoms with Crippen LogP contribution in [0, 0.1) is 0 Å². The van der Waals surface area contributed by atoms with E-state index < -0.39 is 10.1 Å². The Bertz CT molecular complexity index is 549. The lowest BCUT2D eigenvalue weighted by Gasteiger charge is -2.20. The van der Waals surface area contributed by atoms with Crippen molar-refractivity contribution in [3.8, 4) is 0 Å². The van der Waals surface area contributed by atoms with Crippen LogP contribution in [0.15, 0.2) is 23.1 Å². The second kappa shape index (κ2) is 3.71. The van der Waals surface area contributed by atoms with Crippen LogP contribution in [-0.2, 0) is 15.5 Å². The summed E-state index contributed by atoms with van der Waals surface area (Å²) < 4.78 is 31.3. The number of hydrogen-bond acceptors (Lipinski definition) is 3. The van der Waals surface area contributed by atoms with Gasteiger partial charge in [0.1, 0.15) is 0 Å². The van der Waals surface area contributed by atoms with Crippen molar-refractivity contribution < 1.29 is 13.0 Å². The Kier molecular flexibility index (Phi) is 2.71. The van der Waals surface area contributed by atoms with Gasteiger partial charge in [0.25, 0.3) is 10.1 Å². The highest BCUT2D eigenvalue weighted by atomic mass is 32.2. The summed E-state index contributed by atoms with van der Waals surface area (Å²) in [6.07, 6.45) is 0. The number of likely N-dealkylation sites (N-methyl/N-ethyl adjacent to an activating group) is 1. The molecule has 2 rings (SSSR count). The second-order valence-corrected chi connectivity index (χ2v) is 6.47. The molecule has 5 heteroatoms. The second-order valence-electron chi connectivity index (χ2n) is 5.05. The van der Waals surface area contributed by atoms with Gasteiger partial charge in [-0.2, -0.15) is 8.42 Å². The van der Waals surface area contributed by atoms with Crippen molar-refractivity contribution in [2.75, 3.05) is 18.0 Å². The van der Waals surface area contributed by atoms with Gasteiger partial charge in [0, 0.05) is 24.2 Å². The quantitative estimate of drug-likeness (QED) is 0.822. The van der Waals surface area contributed by atoms with E-state index in [9.17, 15) is 8.42 Å². The van der Waals surface area contributed by atoms with E-state index >= 15 is 0 Å². The number of anilines is 1. The topological polar surface area (TPSA) is 57.6 Å². The van der Waals surface area contributed by atoms with Gasteiger partial charge in [-0.3, -0.25) is 4.55 Å². The van der Waals surface area contributed by atoms with Crippen LogP contribution in [0.3, 0.4) is 0 Å². The maximum atomic E-state index is 11.1. The van der Waals surface area contributed by atoms with E-state index in [2.05, 4.69) is 25.7 Å². The van der Waals surface area contributed by atoms with Crippen LogP contribution in [0.4, 0.5) is 5.69 Å². The molecule has 0 unspecified atom stereocenters. The molecule has 0 bridgehead atoms. The zero-order valence-electron chi connectivity index (χ0n) is 10.3. The molecule has 1 N–H and O–H groups in total. The van der Waals surface area contributed by atoms with E-state index in [1.165, 1.54) is 6.07 Å². The maximum absolute atomic E-state index is 11.1. The molecule has 1 aliphatic rings. The molecule has 0 radical (unpaired) electrons. The average Bonchev–Trinajstić information content (AvgIpc) is 2.49. The van der Waals surface area contributed by atoms with E-state index in [4.69, 9.17) is 4.55 Å². The highest BCUT2D eigenvalue weighted by molar-refractivity contribution is 7.85. The van der Waals surface area contributed by atoms with Crippen LogP contribution in [0.5, 0.6) is 0 Å². The SMILES string of the molecule is CCN1CC(C)(C)c2cc(S(=O)(=O)O)ccc21. The molecule has 1 aromatic rings. The fourth-order valence-corrected chi connectivity index (χ4v) is 2.93. The van der Waals surface area contributed by atoms with Gasteiger partial charge >= 0.3 is 0 Å². The molecule has 94 valence electrons. The van der Waals surface area contributed by atoms with Crippen LogP contribution in [0.2, 0.25) is 0 Å².